The van der Waals surface area contributed by atoms with Gasteiger partial charge in [0.05, 0.1) is 12.0 Å². The molecule has 33 heavy (non-hydrogen) atoms. The van der Waals surface area contributed by atoms with Crippen molar-refractivity contribution in [3.8, 4) is 5.75 Å². The van der Waals surface area contributed by atoms with Gasteiger partial charge in [0.2, 0.25) is 11.8 Å². The summed E-state index contributed by atoms with van der Waals surface area (Å²) in [4.78, 5) is 26.6. The smallest absolute Gasteiger partial charge is 0.284 e. The molecule has 1 aliphatic rings. The number of nitrogens with zero attached hydrogens (tertiary/aromatic N) is 2. The van der Waals surface area contributed by atoms with Gasteiger partial charge in [0.25, 0.3) is 10.0 Å². The molecule has 2 aromatic rings. The van der Waals surface area contributed by atoms with Gasteiger partial charge in [-0.15, -0.1) is 11.0 Å². The molecule has 0 aliphatic carbocycles. The number of carbonyl (C=O) groups is 2. The fourth-order valence-electron chi connectivity index (χ4n) is 3.11. The Bertz CT molecular complexity index is 1160. The highest BCUT2D eigenvalue weighted by atomic mass is 32.2. The van der Waals surface area contributed by atoms with Crippen LogP contribution < -0.4 is 10.1 Å². The second-order valence-corrected chi connectivity index (χ2v) is 9.95. The number of amides is 2. The van der Waals surface area contributed by atoms with Crippen LogP contribution in [0.1, 0.15) is 18.9 Å². The van der Waals surface area contributed by atoms with E-state index in [9.17, 15) is 18.0 Å². The topological polar surface area (TPSA) is 105 Å². The molecule has 1 heterocycles. The van der Waals surface area contributed by atoms with Crippen LogP contribution in [-0.4, -0.2) is 49.2 Å². The third-order valence-corrected chi connectivity index (χ3v) is 7.48. The van der Waals surface area contributed by atoms with E-state index in [1.54, 1.807) is 43.5 Å². The van der Waals surface area contributed by atoms with Crippen molar-refractivity contribution in [3.05, 3.63) is 66.7 Å². The molecule has 10 heteroatoms. The number of ether oxygens (including phenoxy) is 1. The van der Waals surface area contributed by atoms with E-state index in [-0.39, 0.29) is 34.8 Å². The number of aryl methyl sites for hydroxylation is 1. The van der Waals surface area contributed by atoms with Crippen LogP contribution >= 0.6 is 11.8 Å². The van der Waals surface area contributed by atoms with Gasteiger partial charge in [-0.05, 0) is 48.4 Å². The number of amidine groups is 1. The molecular formula is C23H25N3O5S2. The lowest BCUT2D eigenvalue weighted by Gasteiger charge is -2.13. The van der Waals surface area contributed by atoms with Crippen LogP contribution in [0.4, 0.5) is 5.69 Å². The number of rotatable bonds is 9. The molecule has 1 N–H and O–H groups in total. The molecule has 174 valence electrons. The van der Waals surface area contributed by atoms with Crippen LogP contribution in [0.15, 0.2) is 70.5 Å². The van der Waals surface area contributed by atoms with Gasteiger partial charge in [-0.1, -0.05) is 36.9 Å². The lowest BCUT2D eigenvalue weighted by atomic mass is 10.2. The minimum Gasteiger partial charge on any atom is -0.497 e. The fourth-order valence-corrected chi connectivity index (χ4v) is 5.48. The number of carbonyl (C=O) groups excluding carboxylic acids is 2. The summed E-state index contributed by atoms with van der Waals surface area (Å²) in [5.74, 6) is -0.107. The molecule has 2 aromatic carbocycles. The molecule has 0 aromatic heterocycles. The first-order valence-corrected chi connectivity index (χ1v) is 12.6. The summed E-state index contributed by atoms with van der Waals surface area (Å²) in [5, 5.41) is 1.97. The monoisotopic (exact) mass is 487 g/mol. The minimum absolute atomic E-state index is 0.0294. The van der Waals surface area contributed by atoms with Gasteiger partial charge < -0.3 is 10.1 Å². The van der Waals surface area contributed by atoms with E-state index in [1.165, 1.54) is 23.1 Å². The normalized spacial score (nSPS) is 17.3. The number of thioether (sulfide) groups is 1. The summed E-state index contributed by atoms with van der Waals surface area (Å²) in [5.41, 5.74) is 1.56. The van der Waals surface area contributed by atoms with E-state index in [1.807, 2.05) is 6.92 Å². The van der Waals surface area contributed by atoms with Crippen LogP contribution in [0.5, 0.6) is 5.75 Å². The average molecular weight is 488 g/mol. The van der Waals surface area contributed by atoms with E-state index in [0.717, 1.165) is 23.7 Å². The Morgan fingerprint density at radius 2 is 1.88 bits per heavy atom. The molecule has 0 saturated carbocycles. The summed E-state index contributed by atoms with van der Waals surface area (Å²) < 4.78 is 34.6. The van der Waals surface area contributed by atoms with E-state index in [2.05, 4.69) is 16.3 Å². The Morgan fingerprint density at radius 1 is 1.21 bits per heavy atom. The third kappa shape index (κ3) is 6.02. The highest BCUT2D eigenvalue weighted by Gasteiger charge is 2.39. The minimum atomic E-state index is -4.02. The van der Waals surface area contributed by atoms with Gasteiger partial charge in [0.15, 0.2) is 5.17 Å². The lowest BCUT2D eigenvalue weighted by Crippen LogP contribution is -2.33. The van der Waals surface area contributed by atoms with Gasteiger partial charge in [-0.2, -0.15) is 8.42 Å². The number of nitrogens with one attached hydrogen (secondary N) is 1. The summed E-state index contributed by atoms with van der Waals surface area (Å²) in [7, 11) is -2.48. The zero-order valence-electron chi connectivity index (χ0n) is 18.4. The quantitative estimate of drug-likeness (QED) is 0.543. The summed E-state index contributed by atoms with van der Waals surface area (Å²) >= 11 is 0.960. The van der Waals surface area contributed by atoms with Crippen molar-refractivity contribution >= 4 is 44.5 Å². The largest absolute Gasteiger partial charge is 0.497 e. The van der Waals surface area contributed by atoms with Crippen LogP contribution in [0.3, 0.4) is 0 Å². The number of sulfonamides is 1. The SMILES string of the molecule is C=CCN1C(=O)[C@H](CC(=O)Nc2ccc(OC)cc2)SC1=NS(=O)(=O)c1ccc(CC)cc1. The summed E-state index contributed by atoms with van der Waals surface area (Å²) in [6.45, 7) is 5.69. The molecule has 8 nitrogen and oxygen atoms in total. The van der Waals surface area contributed by atoms with Crippen LogP contribution in [0.2, 0.25) is 0 Å². The van der Waals surface area contributed by atoms with Crippen molar-refractivity contribution < 1.29 is 22.7 Å². The van der Waals surface area contributed by atoms with Gasteiger partial charge in [-0.25, -0.2) is 0 Å². The number of anilines is 1. The molecule has 0 radical (unpaired) electrons. The number of methoxy groups -OCH3 is 1. The molecule has 2 amide bonds. The molecular weight excluding hydrogens is 462 g/mol. The Labute approximate surface area is 197 Å². The fraction of sp³-hybridized carbons (Fsp3) is 0.261. The molecule has 1 saturated heterocycles. The Kier molecular flexibility index (Phi) is 7.93. The molecule has 0 unspecified atom stereocenters. The highest BCUT2D eigenvalue weighted by molar-refractivity contribution is 8.16. The highest BCUT2D eigenvalue weighted by Crippen LogP contribution is 2.31. The first-order chi connectivity index (χ1) is 15.8. The predicted octanol–water partition coefficient (Wildman–Crippen LogP) is 3.46. The van der Waals surface area contributed by atoms with Crippen molar-refractivity contribution in [1.29, 1.82) is 0 Å². The standard InChI is InChI=1S/C23H25N3O5S2/c1-4-14-26-22(28)20(15-21(27)24-17-8-10-18(31-3)11-9-17)32-23(26)25-33(29,30)19-12-6-16(5-2)7-13-19/h4,6-13,20H,1,5,14-15H2,2-3H3,(H,24,27)/t20-/m0/s1. The molecule has 0 spiro atoms. The first kappa shape index (κ1) is 24.5. The van der Waals surface area contributed by atoms with Crippen molar-refractivity contribution in [3.63, 3.8) is 0 Å². The summed E-state index contributed by atoms with van der Waals surface area (Å²) in [6, 6.07) is 13.2. The number of hydrogen-bond donors (Lipinski definition) is 1. The van der Waals surface area contributed by atoms with Crippen LogP contribution in [0, 0.1) is 0 Å². The van der Waals surface area contributed by atoms with Crippen molar-refractivity contribution in [2.45, 2.75) is 29.9 Å². The van der Waals surface area contributed by atoms with E-state index < -0.39 is 15.3 Å². The van der Waals surface area contributed by atoms with Crippen LogP contribution in [-0.2, 0) is 26.0 Å². The molecule has 3 rings (SSSR count). The third-order valence-electron chi connectivity index (χ3n) is 4.90. The van der Waals surface area contributed by atoms with Crippen molar-refractivity contribution in [1.82, 2.24) is 4.90 Å². The average Bonchev–Trinajstić information content (AvgIpc) is 3.08. The molecule has 0 bridgehead atoms. The zero-order chi connectivity index (χ0) is 24.0. The van der Waals surface area contributed by atoms with Gasteiger partial charge in [0.1, 0.15) is 11.0 Å². The molecule has 1 aliphatic heterocycles. The zero-order valence-corrected chi connectivity index (χ0v) is 20.0. The maximum Gasteiger partial charge on any atom is 0.284 e. The Morgan fingerprint density at radius 3 is 2.45 bits per heavy atom. The second kappa shape index (κ2) is 10.7. The number of benzene rings is 2. The molecule has 1 atom stereocenters. The maximum absolute atomic E-state index is 12.9. The maximum atomic E-state index is 12.9. The van der Waals surface area contributed by atoms with E-state index in [0.29, 0.717) is 11.4 Å². The van der Waals surface area contributed by atoms with Crippen molar-refractivity contribution in [2.24, 2.45) is 4.40 Å². The number of hydrogen-bond acceptors (Lipinski definition) is 6. The first-order valence-electron chi connectivity index (χ1n) is 10.2. The van der Waals surface area contributed by atoms with E-state index >= 15 is 0 Å². The summed E-state index contributed by atoms with van der Waals surface area (Å²) in [6.07, 6.45) is 2.14. The predicted molar refractivity (Wildman–Crippen MR) is 130 cm³/mol. The van der Waals surface area contributed by atoms with E-state index in [4.69, 9.17) is 4.74 Å². The second-order valence-electron chi connectivity index (χ2n) is 7.17. The molecule has 1 fully saturated rings. The Balaban J connectivity index is 1.76. The van der Waals surface area contributed by atoms with Gasteiger partial charge in [0, 0.05) is 18.7 Å². The van der Waals surface area contributed by atoms with Crippen molar-refractivity contribution in [2.75, 3.05) is 19.0 Å². The Hall–Kier alpha value is -3.11. The van der Waals surface area contributed by atoms with Crippen LogP contribution in [0.25, 0.3) is 0 Å². The lowest BCUT2D eigenvalue weighted by molar-refractivity contribution is -0.127. The van der Waals surface area contributed by atoms with Gasteiger partial charge in [-0.3, -0.25) is 14.5 Å². The van der Waals surface area contributed by atoms with Gasteiger partial charge >= 0.3 is 0 Å².